The number of anilines is 1. The number of hydrogen-bond acceptors (Lipinski definition) is 3. The van der Waals surface area contributed by atoms with Crippen LogP contribution in [0.25, 0.3) is 23.3 Å². The van der Waals surface area contributed by atoms with Gasteiger partial charge in [0.2, 0.25) is 5.89 Å². The number of halogens is 1. The number of hydrogen-bond donors (Lipinski definition) is 0. The maximum Gasteiger partial charge on any atom is 0.220 e. The van der Waals surface area contributed by atoms with E-state index in [0.29, 0.717) is 17.0 Å². The third kappa shape index (κ3) is 2.94. The maximum atomic E-state index is 13.1. The quantitative estimate of drug-likeness (QED) is 0.721. The molecule has 0 spiro atoms. The molecule has 0 radical (unpaired) electrons. The minimum Gasteiger partial charge on any atom is -0.437 e. The fraction of sp³-hybridized carbons (Fsp3) is 0.118. The Morgan fingerprint density at radius 1 is 1.05 bits per heavy atom. The summed E-state index contributed by atoms with van der Waals surface area (Å²) < 4.78 is 18.6. The van der Waals surface area contributed by atoms with Crippen molar-refractivity contribution in [3.63, 3.8) is 0 Å². The summed E-state index contributed by atoms with van der Waals surface area (Å²) in [5.41, 5.74) is 3.30. The van der Waals surface area contributed by atoms with Crippen LogP contribution in [-0.4, -0.2) is 19.1 Å². The summed E-state index contributed by atoms with van der Waals surface area (Å²) in [4.78, 5) is 6.33. The van der Waals surface area contributed by atoms with E-state index in [-0.39, 0.29) is 5.82 Å². The molecule has 0 aliphatic carbocycles. The van der Waals surface area contributed by atoms with Gasteiger partial charge < -0.3 is 9.32 Å². The van der Waals surface area contributed by atoms with Crippen molar-refractivity contribution < 1.29 is 8.81 Å². The van der Waals surface area contributed by atoms with Crippen molar-refractivity contribution in [1.29, 1.82) is 0 Å². The van der Waals surface area contributed by atoms with E-state index in [0.717, 1.165) is 11.3 Å². The van der Waals surface area contributed by atoms with E-state index in [2.05, 4.69) is 4.98 Å². The first-order valence-corrected chi connectivity index (χ1v) is 6.63. The Balaban J connectivity index is 1.83. The van der Waals surface area contributed by atoms with Gasteiger partial charge in [0.15, 0.2) is 5.58 Å². The van der Waals surface area contributed by atoms with Gasteiger partial charge >= 0.3 is 0 Å². The molecule has 0 saturated heterocycles. The fourth-order valence-electron chi connectivity index (χ4n) is 2.04. The number of nitrogens with zero attached hydrogens (tertiary/aromatic N) is 2. The molecule has 4 heteroatoms. The topological polar surface area (TPSA) is 29.3 Å². The molecule has 3 nitrogen and oxygen atoms in total. The molecule has 0 unspecified atom stereocenters. The first-order valence-electron chi connectivity index (χ1n) is 6.63. The highest BCUT2D eigenvalue weighted by molar-refractivity contribution is 5.76. The summed E-state index contributed by atoms with van der Waals surface area (Å²) in [7, 11) is 4.00. The van der Waals surface area contributed by atoms with Gasteiger partial charge in [0, 0.05) is 31.9 Å². The molecule has 3 rings (SSSR count). The molecule has 0 aliphatic rings. The third-order valence-corrected chi connectivity index (χ3v) is 3.19. The zero-order chi connectivity index (χ0) is 14.8. The van der Waals surface area contributed by atoms with Gasteiger partial charge in [-0.15, -0.1) is 0 Å². The molecule has 1 heterocycles. The number of fused-ring (bicyclic) bond motifs is 1. The van der Waals surface area contributed by atoms with Crippen molar-refractivity contribution >= 4 is 28.9 Å². The summed E-state index contributed by atoms with van der Waals surface area (Å²) in [6, 6.07) is 12.5. The zero-order valence-corrected chi connectivity index (χ0v) is 11.9. The standard InChI is InChI=1S/C17H15FN2O/c1-20(2)14-7-3-12(4-8-14)5-10-17-19-15-9-6-13(18)11-16(15)21-17/h3-11H,1-2H3/b10-5+. The van der Waals surface area contributed by atoms with E-state index >= 15 is 0 Å². The summed E-state index contributed by atoms with van der Waals surface area (Å²) in [6.07, 6.45) is 3.70. The predicted octanol–water partition coefficient (Wildman–Crippen LogP) is 4.20. The Labute approximate surface area is 122 Å². The van der Waals surface area contributed by atoms with Crippen LogP contribution in [0.4, 0.5) is 10.1 Å². The molecule has 0 aliphatic heterocycles. The van der Waals surface area contributed by atoms with Crippen LogP contribution in [0.3, 0.4) is 0 Å². The van der Waals surface area contributed by atoms with Gasteiger partial charge in [-0.25, -0.2) is 9.37 Å². The second kappa shape index (κ2) is 5.40. The van der Waals surface area contributed by atoms with E-state index in [9.17, 15) is 4.39 Å². The molecular weight excluding hydrogens is 267 g/mol. The maximum absolute atomic E-state index is 13.1. The largest absolute Gasteiger partial charge is 0.437 e. The highest BCUT2D eigenvalue weighted by atomic mass is 19.1. The second-order valence-electron chi connectivity index (χ2n) is 4.98. The van der Waals surface area contributed by atoms with Gasteiger partial charge in [-0.1, -0.05) is 12.1 Å². The van der Waals surface area contributed by atoms with Crippen LogP contribution in [0.2, 0.25) is 0 Å². The molecule has 0 amide bonds. The van der Waals surface area contributed by atoms with Gasteiger partial charge in [-0.05, 0) is 35.9 Å². The zero-order valence-electron chi connectivity index (χ0n) is 11.9. The highest BCUT2D eigenvalue weighted by Crippen LogP contribution is 2.19. The highest BCUT2D eigenvalue weighted by Gasteiger charge is 2.04. The van der Waals surface area contributed by atoms with Gasteiger partial charge in [-0.3, -0.25) is 0 Å². The molecule has 0 N–H and O–H groups in total. The first kappa shape index (κ1) is 13.4. The van der Waals surface area contributed by atoms with Crippen LogP contribution in [0.1, 0.15) is 11.5 Å². The Morgan fingerprint density at radius 3 is 2.52 bits per heavy atom. The Kier molecular flexibility index (Phi) is 3.44. The van der Waals surface area contributed by atoms with E-state index in [1.165, 1.54) is 12.1 Å². The average Bonchev–Trinajstić information content (AvgIpc) is 2.87. The summed E-state index contributed by atoms with van der Waals surface area (Å²) in [5.74, 6) is 0.140. The van der Waals surface area contributed by atoms with E-state index in [1.807, 2.05) is 49.3 Å². The van der Waals surface area contributed by atoms with Gasteiger partial charge in [0.1, 0.15) is 11.3 Å². The number of benzene rings is 2. The van der Waals surface area contributed by atoms with Gasteiger partial charge in [0.25, 0.3) is 0 Å². The van der Waals surface area contributed by atoms with Crippen LogP contribution in [-0.2, 0) is 0 Å². The second-order valence-corrected chi connectivity index (χ2v) is 4.98. The Morgan fingerprint density at radius 2 is 1.81 bits per heavy atom. The van der Waals surface area contributed by atoms with Crippen LogP contribution < -0.4 is 4.90 Å². The molecular formula is C17H15FN2O. The van der Waals surface area contributed by atoms with E-state index in [1.54, 1.807) is 12.1 Å². The first-order chi connectivity index (χ1) is 10.1. The van der Waals surface area contributed by atoms with Crippen molar-refractivity contribution in [3.05, 3.63) is 59.7 Å². The predicted molar refractivity (Wildman–Crippen MR) is 83.7 cm³/mol. The summed E-state index contributed by atoms with van der Waals surface area (Å²) in [6.45, 7) is 0. The van der Waals surface area contributed by atoms with Crippen molar-refractivity contribution in [2.45, 2.75) is 0 Å². The van der Waals surface area contributed by atoms with Crippen LogP contribution >= 0.6 is 0 Å². The van der Waals surface area contributed by atoms with Crippen molar-refractivity contribution in [2.24, 2.45) is 0 Å². The van der Waals surface area contributed by atoms with Gasteiger partial charge in [-0.2, -0.15) is 0 Å². The number of aromatic nitrogens is 1. The molecule has 0 fully saturated rings. The van der Waals surface area contributed by atoms with E-state index in [4.69, 9.17) is 4.42 Å². The van der Waals surface area contributed by atoms with Gasteiger partial charge in [0.05, 0.1) is 0 Å². The molecule has 21 heavy (non-hydrogen) atoms. The van der Waals surface area contributed by atoms with Crippen LogP contribution in [0, 0.1) is 5.82 Å². The summed E-state index contributed by atoms with van der Waals surface area (Å²) >= 11 is 0. The molecule has 106 valence electrons. The molecule has 3 aromatic rings. The van der Waals surface area contributed by atoms with Crippen molar-refractivity contribution in [3.8, 4) is 0 Å². The monoisotopic (exact) mass is 282 g/mol. The molecule has 1 aromatic heterocycles. The summed E-state index contributed by atoms with van der Waals surface area (Å²) in [5, 5.41) is 0. The lowest BCUT2D eigenvalue weighted by Gasteiger charge is -2.11. The van der Waals surface area contributed by atoms with E-state index < -0.39 is 0 Å². The normalized spacial score (nSPS) is 11.4. The Hall–Kier alpha value is -2.62. The molecule has 0 atom stereocenters. The number of rotatable bonds is 3. The number of oxazole rings is 1. The smallest absolute Gasteiger partial charge is 0.220 e. The lowest BCUT2D eigenvalue weighted by Crippen LogP contribution is -2.07. The molecule has 0 saturated carbocycles. The molecule has 2 aromatic carbocycles. The lowest BCUT2D eigenvalue weighted by molar-refractivity contribution is 0.581. The van der Waals surface area contributed by atoms with Crippen LogP contribution in [0.15, 0.2) is 46.9 Å². The fourth-order valence-corrected chi connectivity index (χ4v) is 2.04. The van der Waals surface area contributed by atoms with Crippen molar-refractivity contribution in [1.82, 2.24) is 4.98 Å². The Bertz CT molecular complexity index is 788. The minimum atomic E-state index is -0.326. The molecule has 0 bridgehead atoms. The lowest BCUT2D eigenvalue weighted by atomic mass is 10.2. The van der Waals surface area contributed by atoms with Crippen molar-refractivity contribution in [2.75, 3.05) is 19.0 Å². The average molecular weight is 282 g/mol. The van der Waals surface area contributed by atoms with Crippen LogP contribution in [0.5, 0.6) is 0 Å². The SMILES string of the molecule is CN(C)c1ccc(/C=C/c2nc3ccc(F)cc3o2)cc1. The third-order valence-electron chi connectivity index (χ3n) is 3.19. The minimum absolute atomic E-state index is 0.326.